The summed E-state index contributed by atoms with van der Waals surface area (Å²) < 4.78 is 0. The molecule has 0 aromatic heterocycles. The molecule has 4 atom stereocenters. The van der Waals surface area contributed by atoms with Crippen LogP contribution in [-0.4, -0.2) is 69.0 Å². The van der Waals surface area contributed by atoms with Gasteiger partial charge in [0, 0.05) is 31.1 Å². The third kappa shape index (κ3) is 4.97. The summed E-state index contributed by atoms with van der Waals surface area (Å²) in [6.07, 6.45) is 6.58. The van der Waals surface area contributed by atoms with Gasteiger partial charge in [0.2, 0.25) is 11.8 Å². The predicted octanol–water partition coefficient (Wildman–Crippen LogP) is 2.60. The normalized spacial score (nSPS) is 28.0. The molecular weight excluding hydrogens is 470 g/mol. The number of aliphatic hydroxyl groups excluding tert-OH is 1. The molecular formula is C28H37N5O4. The summed E-state index contributed by atoms with van der Waals surface area (Å²) in [5, 5.41) is 15.5. The number of fused-ring (bicyclic) bond motifs is 1. The Morgan fingerprint density at radius 3 is 2.59 bits per heavy atom. The largest absolute Gasteiger partial charge is 0.494 e. The van der Waals surface area contributed by atoms with E-state index >= 15 is 0 Å². The molecule has 3 N–H and O–H groups in total. The number of hydrazine groups is 1. The van der Waals surface area contributed by atoms with Crippen LogP contribution in [0.2, 0.25) is 0 Å². The highest BCUT2D eigenvalue weighted by atomic mass is 16.3. The third-order valence-corrected chi connectivity index (χ3v) is 7.66. The van der Waals surface area contributed by atoms with E-state index in [2.05, 4.69) is 22.9 Å². The molecule has 5 rings (SSSR count). The number of rotatable bonds is 7. The smallest absolute Gasteiger partial charge is 0.280 e. The zero-order chi connectivity index (χ0) is 26.3. The van der Waals surface area contributed by atoms with Crippen molar-refractivity contribution in [3.05, 3.63) is 59.5 Å². The van der Waals surface area contributed by atoms with Crippen LogP contribution in [0.5, 0.6) is 0 Å². The average Bonchev–Trinajstić information content (AvgIpc) is 3.42. The van der Waals surface area contributed by atoms with Crippen LogP contribution in [0.15, 0.2) is 53.9 Å². The van der Waals surface area contributed by atoms with Crippen LogP contribution >= 0.6 is 0 Å². The van der Waals surface area contributed by atoms with Gasteiger partial charge in [0.15, 0.2) is 5.57 Å². The van der Waals surface area contributed by atoms with E-state index in [9.17, 15) is 19.5 Å². The van der Waals surface area contributed by atoms with Crippen molar-refractivity contribution in [2.24, 2.45) is 11.8 Å². The minimum absolute atomic E-state index is 0.0567. The van der Waals surface area contributed by atoms with Crippen LogP contribution in [0.4, 0.5) is 0 Å². The fourth-order valence-corrected chi connectivity index (χ4v) is 5.70. The molecule has 1 aromatic rings. The molecule has 3 heterocycles. The van der Waals surface area contributed by atoms with Gasteiger partial charge in [0.1, 0.15) is 6.17 Å². The summed E-state index contributed by atoms with van der Waals surface area (Å²) in [6, 6.07) is 10.0. The van der Waals surface area contributed by atoms with Gasteiger partial charge in [-0.15, -0.1) is 0 Å². The number of likely N-dealkylation sites (tertiary alicyclic amines) is 1. The number of nitrogens with zero attached hydrogens (tertiary/aromatic N) is 3. The molecule has 3 unspecified atom stereocenters. The van der Waals surface area contributed by atoms with E-state index < -0.39 is 18.0 Å². The van der Waals surface area contributed by atoms with E-state index in [0.717, 1.165) is 31.2 Å². The summed E-state index contributed by atoms with van der Waals surface area (Å²) in [6.45, 7) is 7.15. The fourth-order valence-electron chi connectivity index (χ4n) is 5.70. The van der Waals surface area contributed by atoms with Crippen molar-refractivity contribution >= 4 is 17.7 Å². The lowest BCUT2D eigenvalue weighted by Crippen LogP contribution is -2.59. The topological polar surface area (TPSA) is 105 Å². The van der Waals surface area contributed by atoms with Gasteiger partial charge in [-0.3, -0.25) is 14.4 Å². The highest BCUT2D eigenvalue weighted by Gasteiger charge is 2.51. The number of nitrogens with one attached hydrogen (secondary N) is 2. The maximum atomic E-state index is 13.4. The Labute approximate surface area is 218 Å². The first-order valence-electron chi connectivity index (χ1n) is 13.4. The monoisotopic (exact) mass is 507 g/mol. The van der Waals surface area contributed by atoms with Crippen LogP contribution in [0.3, 0.4) is 0 Å². The van der Waals surface area contributed by atoms with Crippen molar-refractivity contribution < 1.29 is 19.5 Å². The molecule has 2 saturated heterocycles. The van der Waals surface area contributed by atoms with E-state index in [1.807, 2.05) is 49.9 Å². The molecule has 0 bridgehead atoms. The maximum Gasteiger partial charge on any atom is 0.280 e. The van der Waals surface area contributed by atoms with Crippen LogP contribution in [0.25, 0.3) is 0 Å². The molecule has 4 aliphatic rings. The zero-order valence-corrected chi connectivity index (χ0v) is 21.8. The first-order chi connectivity index (χ1) is 17.8. The van der Waals surface area contributed by atoms with E-state index in [4.69, 9.17) is 0 Å². The van der Waals surface area contributed by atoms with Crippen LogP contribution < -0.4 is 10.7 Å². The minimum atomic E-state index is -0.546. The Hall–Kier alpha value is -3.33. The van der Waals surface area contributed by atoms with Crippen molar-refractivity contribution in [3.8, 4) is 0 Å². The molecule has 3 aliphatic heterocycles. The Bertz CT molecular complexity index is 1110. The number of amides is 3. The molecule has 1 aliphatic carbocycles. The lowest BCUT2D eigenvalue weighted by atomic mass is 9.95. The summed E-state index contributed by atoms with van der Waals surface area (Å²) in [7, 11) is 0. The predicted molar refractivity (Wildman–Crippen MR) is 138 cm³/mol. The van der Waals surface area contributed by atoms with Crippen LogP contribution in [0, 0.1) is 11.8 Å². The molecule has 198 valence electrons. The Morgan fingerprint density at radius 1 is 1.19 bits per heavy atom. The van der Waals surface area contributed by atoms with Gasteiger partial charge in [0.05, 0.1) is 6.04 Å². The fraction of sp³-hybridized carbons (Fsp3) is 0.536. The standard InChI is InChI=1S/C28H37N5O4/c1-17(2)16-32-26-21(13-14-23(34)31-15-7-10-22(31)19-8-5-4-6-9-19)18(3)30-33(26)28(37)24(27(32)36)25(35)29-20-11-12-20/h4-6,8-9,13-14,17-18,20-22,26,30,36H,7,10-12,15-16H2,1-3H3,(H,29,35)/b14-13+/t18?,21?,22-,26?/m1/s1. The lowest BCUT2D eigenvalue weighted by molar-refractivity contribution is -0.142. The molecule has 3 amide bonds. The van der Waals surface area contributed by atoms with Gasteiger partial charge in [-0.2, -0.15) is 0 Å². The SMILES string of the molecule is CC(C)CN1C(O)=C(C(=O)NC2CC2)C(=O)N2NC(C)C(/C=C/C(=O)N3CCC[C@@H]3c3ccccc3)C12. The van der Waals surface area contributed by atoms with E-state index in [0.29, 0.717) is 13.1 Å². The third-order valence-electron chi connectivity index (χ3n) is 7.66. The number of carbonyl (C=O) groups excluding carboxylic acids is 3. The van der Waals surface area contributed by atoms with Crippen molar-refractivity contribution in [2.75, 3.05) is 13.1 Å². The van der Waals surface area contributed by atoms with Gasteiger partial charge in [-0.05, 0) is 50.2 Å². The zero-order valence-electron chi connectivity index (χ0n) is 21.8. The molecule has 9 nitrogen and oxygen atoms in total. The average molecular weight is 508 g/mol. The summed E-state index contributed by atoms with van der Waals surface area (Å²) in [5.41, 5.74) is 4.11. The lowest BCUT2D eigenvalue weighted by Gasteiger charge is -2.42. The van der Waals surface area contributed by atoms with Crippen molar-refractivity contribution in [3.63, 3.8) is 0 Å². The summed E-state index contributed by atoms with van der Waals surface area (Å²) >= 11 is 0. The van der Waals surface area contributed by atoms with Gasteiger partial charge in [-0.1, -0.05) is 50.3 Å². The van der Waals surface area contributed by atoms with Gasteiger partial charge in [-0.25, -0.2) is 10.4 Å². The minimum Gasteiger partial charge on any atom is -0.494 e. The first kappa shape index (κ1) is 25.3. The number of hydrogen-bond donors (Lipinski definition) is 3. The molecule has 0 spiro atoms. The second kappa shape index (κ2) is 10.2. The number of aliphatic hydroxyl groups is 1. The second-order valence-electron chi connectivity index (χ2n) is 11.0. The molecule has 37 heavy (non-hydrogen) atoms. The highest BCUT2D eigenvalue weighted by Crippen LogP contribution is 2.36. The Balaban J connectivity index is 1.39. The van der Waals surface area contributed by atoms with E-state index in [1.54, 1.807) is 11.0 Å². The van der Waals surface area contributed by atoms with Crippen LogP contribution in [0.1, 0.15) is 58.1 Å². The van der Waals surface area contributed by atoms with Crippen molar-refractivity contribution in [2.45, 2.75) is 70.7 Å². The van der Waals surface area contributed by atoms with Gasteiger partial charge in [0.25, 0.3) is 11.8 Å². The van der Waals surface area contributed by atoms with Crippen molar-refractivity contribution in [1.29, 1.82) is 0 Å². The molecule has 1 aromatic carbocycles. The van der Waals surface area contributed by atoms with Crippen LogP contribution in [-0.2, 0) is 14.4 Å². The van der Waals surface area contributed by atoms with E-state index in [-0.39, 0.29) is 47.3 Å². The molecule has 3 fully saturated rings. The molecule has 9 heteroatoms. The number of hydrogen-bond acceptors (Lipinski definition) is 6. The Kier molecular flexibility index (Phi) is 6.98. The van der Waals surface area contributed by atoms with E-state index in [1.165, 1.54) is 5.01 Å². The highest BCUT2D eigenvalue weighted by molar-refractivity contribution is 6.19. The Morgan fingerprint density at radius 2 is 1.92 bits per heavy atom. The second-order valence-corrected chi connectivity index (χ2v) is 11.0. The number of carbonyl (C=O) groups is 3. The molecule has 1 saturated carbocycles. The van der Waals surface area contributed by atoms with Gasteiger partial charge >= 0.3 is 0 Å². The maximum absolute atomic E-state index is 13.4. The van der Waals surface area contributed by atoms with Gasteiger partial charge < -0.3 is 20.2 Å². The summed E-state index contributed by atoms with van der Waals surface area (Å²) in [4.78, 5) is 43.2. The quantitative estimate of drug-likeness (QED) is 0.387. The summed E-state index contributed by atoms with van der Waals surface area (Å²) in [5.74, 6) is -1.52. The first-order valence-corrected chi connectivity index (χ1v) is 13.4. The number of benzene rings is 1. The molecule has 0 radical (unpaired) electrons. The van der Waals surface area contributed by atoms with Crippen molar-refractivity contribution in [1.82, 2.24) is 25.6 Å².